The second-order valence-electron chi connectivity index (χ2n) is 8.25. The van der Waals surface area contributed by atoms with Crippen molar-refractivity contribution in [1.82, 2.24) is 15.1 Å². The lowest BCUT2D eigenvalue weighted by atomic mass is 9.94. The van der Waals surface area contributed by atoms with Crippen molar-refractivity contribution in [3.63, 3.8) is 0 Å². The molecule has 28 heavy (non-hydrogen) atoms. The summed E-state index contributed by atoms with van der Waals surface area (Å²) >= 11 is 0. The van der Waals surface area contributed by atoms with Crippen LogP contribution in [0.25, 0.3) is 0 Å². The molecule has 1 heterocycles. The number of nitriles is 1. The molecule has 0 radical (unpaired) electrons. The first-order chi connectivity index (χ1) is 13.0. The molecule has 1 saturated heterocycles. The summed E-state index contributed by atoms with van der Waals surface area (Å²) < 4.78 is 5.21. The first kappa shape index (κ1) is 21.5. The van der Waals surface area contributed by atoms with Gasteiger partial charge in [0.2, 0.25) is 0 Å². The number of imide groups is 1. The number of carbonyl (C=O) groups excluding carboxylic acids is 3. The highest BCUT2D eigenvalue weighted by Crippen LogP contribution is 2.36. The van der Waals surface area contributed by atoms with Crippen molar-refractivity contribution in [3.8, 4) is 6.07 Å². The van der Waals surface area contributed by atoms with E-state index in [4.69, 9.17) is 10.00 Å². The van der Waals surface area contributed by atoms with Crippen LogP contribution in [0, 0.1) is 11.3 Å². The summed E-state index contributed by atoms with van der Waals surface area (Å²) in [6, 6.07) is 1.75. The third-order valence-corrected chi connectivity index (χ3v) is 4.80. The molecule has 8 heteroatoms. The molecule has 0 aromatic carbocycles. The molecule has 152 valence electrons. The lowest BCUT2D eigenvalue weighted by molar-refractivity contribution is -0.131. The summed E-state index contributed by atoms with van der Waals surface area (Å²) in [5, 5.41) is 11.8. The van der Waals surface area contributed by atoms with Crippen LogP contribution in [0.15, 0.2) is 23.4 Å². The highest BCUT2D eigenvalue weighted by molar-refractivity contribution is 6.07. The number of hydrogen-bond donors (Lipinski definition) is 1. The third kappa shape index (κ3) is 4.53. The number of nitrogens with zero attached hydrogens (tertiary/aromatic N) is 3. The maximum absolute atomic E-state index is 12.8. The molecule has 1 aliphatic heterocycles. The van der Waals surface area contributed by atoms with Gasteiger partial charge in [0.15, 0.2) is 0 Å². The lowest BCUT2D eigenvalue weighted by Crippen LogP contribution is -2.49. The van der Waals surface area contributed by atoms with Gasteiger partial charge in [-0.15, -0.1) is 0 Å². The van der Waals surface area contributed by atoms with E-state index in [2.05, 4.69) is 11.4 Å². The van der Waals surface area contributed by atoms with Gasteiger partial charge in [-0.05, 0) is 65.5 Å². The van der Waals surface area contributed by atoms with E-state index in [1.807, 2.05) is 0 Å². The minimum absolute atomic E-state index is 0.182. The molecule has 0 bridgehead atoms. The van der Waals surface area contributed by atoms with Crippen LogP contribution in [0.3, 0.4) is 0 Å². The molecular weight excluding hydrogens is 360 g/mol. The quantitative estimate of drug-likeness (QED) is 0.746. The van der Waals surface area contributed by atoms with Gasteiger partial charge < -0.3 is 10.1 Å². The molecule has 8 nitrogen and oxygen atoms in total. The van der Waals surface area contributed by atoms with Crippen molar-refractivity contribution in [1.29, 1.82) is 5.26 Å². The van der Waals surface area contributed by atoms with Crippen LogP contribution in [0.2, 0.25) is 0 Å². The van der Waals surface area contributed by atoms with Crippen molar-refractivity contribution in [2.24, 2.45) is 0 Å². The monoisotopic (exact) mass is 388 g/mol. The fourth-order valence-electron chi connectivity index (χ4n) is 3.39. The molecule has 2 rings (SSSR count). The van der Waals surface area contributed by atoms with E-state index in [0.717, 1.165) is 11.3 Å². The van der Waals surface area contributed by atoms with Crippen LogP contribution in [0.5, 0.6) is 0 Å². The van der Waals surface area contributed by atoms with Gasteiger partial charge in [-0.1, -0.05) is 0 Å². The normalized spacial score (nSPS) is 23.0. The minimum atomic E-state index is -1.11. The zero-order chi connectivity index (χ0) is 21.1. The Hall–Kier alpha value is -2.82. The predicted octanol–water partition coefficient (Wildman–Crippen LogP) is 3.07. The molecule has 1 atom stereocenters. The van der Waals surface area contributed by atoms with E-state index in [9.17, 15) is 14.4 Å². The maximum atomic E-state index is 12.8. The van der Waals surface area contributed by atoms with Crippen molar-refractivity contribution in [3.05, 3.63) is 23.4 Å². The SMILES string of the molecule is CN1C(=O)N(C2=CC=C(C#N)CCC2)C(C)(CCNC(=O)OC(C)(C)C)C1=O. The number of alkyl carbamates (subject to hydrolysis) is 1. The Balaban J connectivity index is 2.19. The average Bonchev–Trinajstić information content (AvgIpc) is 2.78. The Morgan fingerprint density at radius 2 is 2.00 bits per heavy atom. The summed E-state index contributed by atoms with van der Waals surface area (Å²) in [5.74, 6) is -0.321. The van der Waals surface area contributed by atoms with E-state index in [-0.39, 0.29) is 18.9 Å². The Kier molecular flexibility index (Phi) is 6.17. The highest BCUT2D eigenvalue weighted by Gasteiger charge is 2.53. The van der Waals surface area contributed by atoms with E-state index < -0.39 is 23.3 Å². The number of allylic oxidation sites excluding steroid dienone is 4. The summed E-state index contributed by atoms with van der Waals surface area (Å²) in [6.45, 7) is 7.19. The van der Waals surface area contributed by atoms with Gasteiger partial charge in [-0.3, -0.25) is 14.6 Å². The zero-order valence-corrected chi connectivity index (χ0v) is 17.2. The first-order valence-electron chi connectivity index (χ1n) is 9.38. The molecular formula is C20H28N4O4. The van der Waals surface area contributed by atoms with Gasteiger partial charge in [0.25, 0.3) is 5.91 Å². The van der Waals surface area contributed by atoms with Crippen molar-refractivity contribution in [2.75, 3.05) is 13.6 Å². The molecule has 0 aromatic heterocycles. The summed E-state index contributed by atoms with van der Waals surface area (Å²) in [5.41, 5.74) is -0.380. The molecule has 1 N–H and O–H groups in total. The van der Waals surface area contributed by atoms with Gasteiger partial charge >= 0.3 is 12.1 Å². The standard InChI is InChI=1S/C20H28N4O4/c1-19(2,3)28-17(26)22-12-11-20(4)16(25)23(5)18(27)24(20)15-8-6-7-14(13-21)9-10-15/h9-10H,6-8,11-12H2,1-5H3,(H,22,26). The number of likely N-dealkylation sites (N-methyl/N-ethyl adjacent to an activating group) is 1. The summed E-state index contributed by atoms with van der Waals surface area (Å²) in [7, 11) is 1.46. The maximum Gasteiger partial charge on any atom is 0.407 e. The molecule has 1 unspecified atom stereocenters. The molecule has 4 amide bonds. The Morgan fingerprint density at radius 3 is 2.61 bits per heavy atom. The number of amides is 4. The Labute approximate surface area is 165 Å². The van der Waals surface area contributed by atoms with Crippen molar-refractivity contribution in [2.45, 2.75) is 64.5 Å². The fraction of sp³-hybridized carbons (Fsp3) is 0.600. The average molecular weight is 388 g/mol. The van der Waals surface area contributed by atoms with Crippen LogP contribution >= 0.6 is 0 Å². The highest BCUT2D eigenvalue weighted by atomic mass is 16.6. The molecule has 2 aliphatic rings. The first-order valence-corrected chi connectivity index (χ1v) is 9.38. The fourth-order valence-corrected chi connectivity index (χ4v) is 3.39. The molecule has 0 aromatic rings. The number of hydrogen-bond acceptors (Lipinski definition) is 5. The van der Waals surface area contributed by atoms with Crippen LogP contribution in [-0.4, -0.2) is 52.6 Å². The van der Waals surface area contributed by atoms with Crippen LogP contribution in [0.1, 0.15) is 53.4 Å². The zero-order valence-electron chi connectivity index (χ0n) is 17.2. The van der Waals surface area contributed by atoms with Crippen molar-refractivity contribution < 1.29 is 19.1 Å². The number of rotatable bonds is 4. The smallest absolute Gasteiger partial charge is 0.407 e. The van der Waals surface area contributed by atoms with Crippen LogP contribution < -0.4 is 5.32 Å². The minimum Gasteiger partial charge on any atom is -0.444 e. The lowest BCUT2D eigenvalue weighted by Gasteiger charge is -2.33. The Morgan fingerprint density at radius 1 is 1.32 bits per heavy atom. The summed E-state index contributed by atoms with van der Waals surface area (Å²) in [4.78, 5) is 40.1. The number of carbonyl (C=O) groups is 3. The van der Waals surface area contributed by atoms with Gasteiger partial charge in [-0.25, -0.2) is 9.59 Å². The Bertz CT molecular complexity index is 772. The van der Waals surface area contributed by atoms with E-state index in [1.54, 1.807) is 39.8 Å². The summed E-state index contributed by atoms with van der Waals surface area (Å²) in [6.07, 6.45) is 5.07. The molecule has 0 spiro atoms. The molecule has 0 saturated carbocycles. The third-order valence-electron chi connectivity index (χ3n) is 4.80. The van der Waals surface area contributed by atoms with E-state index in [1.165, 1.54) is 11.9 Å². The van der Waals surface area contributed by atoms with Crippen LogP contribution in [-0.2, 0) is 9.53 Å². The number of urea groups is 1. The largest absolute Gasteiger partial charge is 0.444 e. The molecule has 1 aliphatic carbocycles. The molecule has 1 fully saturated rings. The van der Waals surface area contributed by atoms with Gasteiger partial charge in [0, 0.05) is 24.9 Å². The second-order valence-corrected chi connectivity index (χ2v) is 8.25. The van der Waals surface area contributed by atoms with E-state index >= 15 is 0 Å². The van der Waals surface area contributed by atoms with Crippen LogP contribution in [0.4, 0.5) is 9.59 Å². The second kappa shape index (κ2) is 8.05. The van der Waals surface area contributed by atoms with Gasteiger partial charge in [0.1, 0.15) is 11.1 Å². The number of ether oxygens (including phenoxy) is 1. The van der Waals surface area contributed by atoms with Crippen molar-refractivity contribution >= 4 is 18.0 Å². The van der Waals surface area contributed by atoms with Gasteiger partial charge in [0.05, 0.1) is 6.07 Å². The van der Waals surface area contributed by atoms with Gasteiger partial charge in [-0.2, -0.15) is 5.26 Å². The number of nitrogens with one attached hydrogen (secondary N) is 1. The topological polar surface area (TPSA) is 103 Å². The van der Waals surface area contributed by atoms with E-state index in [0.29, 0.717) is 24.1 Å². The predicted molar refractivity (Wildman–Crippen MR) is 103 cm³/mol.